The maximum absolute atomic E-state index is 6.09. The number of aromatic nitrogens is 2. The van der Waals surface area contributed by atoms with E-state index in [1.165, 1.54) is 0 Å². The molecule has 0 unspecified atom stereocenters. The van der Waals surface area contributed by atoms with Crippen LogP contribution in [0.1, 0.15) is 0 Å². The lowest BCUT2D eigenvalue weighted by Crippen LogP contribution is -2.03. The molecule has 108 valence electrons. The van der Waals surface area contributed by atoms with Crippen molar-refractivity contribution in [3.05, 3.63) is 40.9 Å². The Bertz CT molecular complexity index is 814. The monoisotopic (exact) mass is 347 g/mol. The molecule has 0 bridgehead atoms. The van der Waals surface area contributed by atoms with Gasteiger partial charge in [-0.15, -0.1) is 0 Å². The summed E-state index contributed by atoms with van der Waals surface area (Å²) < 4.78 is 13.5. The molecule has 1 heterocycles. The van der Waals surface area contributed by atoms with Crippen molar-refractivity contribution in [3.63, 3.8) is 0 Å². The summed E-state index contributed by atoms with van der Waals surface area (Å²) in [7, 11) is 3.25. The highest BCUT2D eigenvalue weighted by Gasteiger charge is 2.15. The van der Waals surface area contributed by atoms with Crippen LogP contribution in [0.25, 0.3) is 16.7 Å². The van der Waals surface area contributed by atoms with Crippen LogP contribution >= 0.6 is 15.9 Å². The molecule has 0 atom stereocenters. The molecule has 1 aromatic heterocycles. The number of imidazole rings is 1. The number of ether oxygens (including phenoxy) is 2. The number of nitrogen functional groups attached to an aromatic ring is 1. The van der Waals surface area contributed by atoms with Crippen LogP contribution in [0.5, 0.6) is 11.5 Å². The molecular formula is C15H14BrN3O2. The number of nitrogens with zero attached hydrogens (tertiary/aromatic N) is 2. The number of rotatable bonds is 3. The van der Waals surface area contributed by atoms with Gasteiger partial charge in [-0.2, -0.15) is 0 Å². The predicted molar refractivity (Wildman–Crippen MR) is 86.3 cm³/mol. The molecular weight excluding hydrogens is 334 g/mol. The minimum absolute atomic E-state index is 0.398. The van der Waals surface area contributed by atoms with E-state index in [1.54, 1.807) is 14.2 Å². The molecule has 0 amide bonds. The number of fused-ring (bicyclic) bond motifs is 1. The topological polar surface area (TPSA) is 62.3 Å². The van der Waals surface area contributed by atoms with E-state index in [-0.39, 0.29) is 0 Å². The van der Waals surface area contributed by atoms with Gasteiger partial charge in [0.15, 0.2) is 0 Å². The van der Waals surface area contributed by atoms with Crippen LogP contribution in [0, 0.1) is 0 Å². The third kappa shape index (κ3) is 2.31. The SMILES string of the molecule is COc1ccc(OC)c(-n2c(N)nc3cc(Br)ccc32)c1. The maximum atomic E-state index is 6.09. The quantitative estimate of drug-likeness (QED) is 0.788. The Kier molecular flexibility index (Phi) is 3.47. The largest absolute Gasteiger partial charge is 0.497 e. The Balaban J connectivity index is 2.31. The van der Waals surface area contributed by atoms with E-state index in [9.17, 15) is 0 Å². The summed E-state index contributed by atoms with van der Waals surface area (Å²) >= 11 is 3.44. The average molecular weight is 348 g/mol. The molecule has 0 spiro atoms. The molecule has 2 N–H and O–H groups in total. The van der Waals surface area contributed by atoms with Crippen molar-refractivity contribution in [1.82, 2.24) is 9.55 Å². The van der Waals surface area contributed by atoms with E-state index >= 15 is 0 Å². The van der Waals surface area contributed by atoms with Crippen LogP contribution in [-0.2, 0) is 0 Å². The molecule has 21 heavy (non-hydrogen) atoms. The van der Waals surface area contributed by atoms with E-state index < -0.39 is 0 Å². The third-order valence-corrected chi connectivity index (χ3v) is 3.76. The fourth-order valence-electron chi connectivity index (χ4n) is 2.30. The molecule has 0 radical (unpaired) electrons. The van der Waals surface area contributed by atoms with Crippen molar-refractivity contribution in [2.75, 3.05) is 20.0 Å². The van der Waals surface area contributed by atoms with Gasteiger partial charge in [0, 0.05) is 10.5 Å². The van der Waals surface area contributed by atoms with Crippen LogP contribution in [0.4, 0.5) is 5.95 Å². The minimum Gasteiger partial charge on any atom is -0.497 e. The fraction of sp³-hybridized carbons (Fsp3) is 0.133. The van der Waals surface area contributed by atoms with Gasteiger partial charge in [-0.1, -0.05) is 15.9 Å². The van der Waals surface area contributed by atoms with Gasteiger partial charge in [-0.05, 0) is 30.3 Å². The minimum atomic E-state index is 0.398. The van der Waals surface area contributed by atoms with Gasteiger partial charge >= 0.3 is 0 Å². The van der Waals surface area contributed by atoms with Crippen LogP contribution in [0.3, 0.4) is 0 Å². The Morgan fingerprint density at radius 3 is 2.62 bits per heavy atom. The Morgan fingerprint density at radius 2 is 1.90 bits per heavy atom. The summed E-state index contributed by atoms with van der Waals surface area (Å²) in [5, 5.41) is 0. The molecule has 0 aliphatic heterocycles. The lowest BCUT2D eigenvalue weighted by Gasteiger charge is -2.13. The molecule has 0 aliphatic rings. The van der Waals surface area contributed by atoms with Crippen LogP contribution < -0.4 is 15.2 Å². The molecule has 0 fully saturated rings. The van der Waals surface area contributed by atoms with Crippen molar-refractivity contribution in [2.45, 2.75) is 0 Å². The standard InChI is InChI=1S/C15H14BrN3O2/c1-20-10-4-6-14(21-2)13(8-10)19-12-5-3-9(16)7-11(12)18-15(19)17/h3-8H,1-2H3,(H2,17,18). The summed E-state index contributed by atoms with van der Waals surface area (Å²) in [6.45, 7) is 0. The normalized spacial score (nSPS) is 10.8. The number of anilines is 1. The third-order valence-electron chi connectivity index (χ3n) is 3.27. The van der Waals surface area contributed by atoms with E-state index in [0.717, 1.165) is 26.9 Å². The summed E-state index contributed by atoms with van der Waals surface area (Å²) in [4.78, 5) is 4.40. The highest BCUT2D eigenvalue weighted by Crippen LogP contribution is 2.33. The highest BCUT2D eigenvalue weighted by molar-refractivity contribution is 9.10. The summed E-state index contributed by atoms with van der Waals surface area (Å²) in [5.41, 5.74) is 8.60. The van der Waals surface area contributed by atoms with E-state index in [4.69, 9.17) is 15.2 Å². The van der Waals surface area contributed by atoms with Gasteiger partial charge in [0.1, 0.15) is 11.5 Å². The second-order valence-electron chi connectivity index (χ2n) is 4.48. The molecule has 5 nitrogen and oxygen atoms in total. The second kappa shape index (κ2) is 5.29. The van der Waals surface area contributed by atoms with Crippen LogP contribution in [-0.4, -0.2) is 23.8 Å². The summed E-state index contributed by atoms with van der Waals surface area (Å²) in [6.07, 6.45) is 0. The van der Waals surface area contributed by atoms with E-state index in [2.05, 4.69) is 20.9 Å². The Morgan fingerprint density at radius 1 is 1.10 bits per heavy atom. The zero-order chi connectivity index (χ0) is 15.0. The molecule has 6 heteroatoms. The van der Waals surface area contributed by atoms with Gasteiger partial charge in [0.2, 0.25) is 5.95 Å². The lowest BCUT2D eigenvalue weighted by atomic mass is 10.2. The number of hydrogen-bond acceptors (Lipinski definition) is 4. The maximum Gasteiger partial charge on any atom is 0.206 e. The van der Waals surface area contributed by atoms with E-state index in [0.29, 0.717) is 11.7 Å². The molecule has 3 rings (SSSR count). The molecule has 3 aromatic rings. The number of benzene rings is 2. The summed E-state index contributed by atoms with van der Waals surface area (Å²) in [5.74, 6) is 1.82. The fourth-order valence-corrected chi connectivity index (χ4v) is 2.65. The zero-order valence-corrected chi connectivity index (χ0v) is 13.2. The first-order valence-electron chi connectivity index (χ1n) is 6.30. The van der Waals surface area contributed by atoms with Gasteiger partial charge in [-0.25, -0.2) is 4.98 Å². The zero-order valence-electron chi connectivity index (χ0n) is 11.6. The molecule has 0 aliphatic carbocycles. The highest BCUT2D eigenvalue weighted by atomic mass is 79.9. The summed E-state index contributed by atoms with van der Waals surface area (Å²) in [6, 6.07) is 11.4. The Labute approximate surface area is 130 Å². The average Bonchev–Trinajstić information content (AvgIpc) is 2.81. The van der Waals surface area contributed by atoms with Crippen molar-refractivity contribution >= 4 is 32.9 Å². The number of hydrogen-bond donors (Lipinski definition) is 1. The van der Waals surface area contributed by atoms with Crippen molar-refractivity contribution in [1.29, 1.82) is 0 Å². The number of nitrogens with two attached hydrogens (primary N) is 1. The smallest absolute Gasteiger partial charge is 0.206 e. The second-order valence-corrected chi connectivity index (χ2v) is 5.39. The molecule has 0 saturated heterocycles. The van der Waals surface area contributed by atoms with Crippen molar-refractivity contribution in [2.24, 2.45) is 0 Å². The van der Waals surface area contributed by atoms with Gasteiger partial charge in [0.25, 0.3) is 0 Å². The van der Waals surface area contributed by atoms with Crippen LogP contribution in [0.15, 0.2) is 40.9 Å². The number of methoxy groups -OCH3 is 2. The van der Waals surface area contributed by atoms with Gasteiger partial charge < -0.3 is 15.2 Å². The predicted octanol–water partition coefficient (Wildman–Crippen LogP) is 3.39. The van der Waals surface area contributed by atoms with Crippen LogP contribution in [0.2, 0.25) is 0 Å². The first-order valence-corrected chi connectivity index (χ1v) is 7.09. The van der Waals surface area contributed by atoms with Crippen molar-refractivity contribution < 1.29 is 9.47 Å². The number of halogens is 1. The first-order chi connectivity index (χ1) is 10.1. The first kappa shape index (κ1) is 13.8. The Hall–Kier alpha value is -2.21. The van der Waals surface area contributed by atoms with Gasteiger partial charge in [0.05, 0.1) is 30.9 Å². The van der Waals surface area contributed by atoms with Gasteiger partial charge in [-0.3, -0.25) is 4.57 Å². The van der Waals surface area contributed by atoms with E-state index in [1.807, 2.05) is 41.0 Å². The lowest BCUT2D eigenvalue weighted by molar-refractivity contribution is 0.402. The van der Waals surface area contributed by atoms with Crippen molar-refractivity contribution in [3.8, 4) is 17.2 Å². The molecule has 0 saturated carbocycles. The molecule has 2 aromatic carbocycles.